The van der Waals surface area contributed by atoms with Gasteiger partial charge in [-0.3, -0.25) is 19.3 Å². The van der Waals surface area contributed by atoms with E-state index in [1.54, 1.807) is 0 Å². The van der Waals surface area contributed by atoms with E-state index in [-0.39, 0.29) is 36.1 Å². The lowest BCUT2D eigenvalue weighted by Gasteiger charge is -2.15. The van der Waals surface area contributed by atoms with Crippen molar-refractivity contribution in [2.75, 3.05) is 11.9 Å². The van der Waals surface area contributed by atoms with E-state index in [1.807, 2.05) is 36.4 Å². The zero-order valence-electron chi connectivity index (χ0n) is 14.0. The van der Waals surface area contributed by atoms with Gasteiger partial charge < -0.3 is 5.32 Å². The van der Waals surface area contributed by atoms with Crippen LogP contribution < -0.4 is 5.32 Å². The summed E-state index contributed by atoms with van der Waals surface area (Å²) in [6, 6.07) is 7.61. The predicted molar refractivity (Wildman–Crippen MR) is 91.2 cm³/mol. The molecule has 0 saturated carbocycles. The quantitative estimate of drug-likeness (QED) is 0.683. The van der Waals surface area contributed by atoms with Crippen LogP contribution in [-0.2, 0) is 14.4 Å². The van der Waals surface area contributed by atoms with Crippen molar-refractivity contribution in [3.63, 3.8) is 0 Å². The number of allylic oxidation sites excluding steroid dienone is 2. The molecule has 0 aromatic heterocycles. The molecule has 1 N–H and O–H groups in total. The highest BCUT2D eigenvalue weighted by atomic mass is 16.2. The molecular formula is C19H22N2O3. The Balaban J connectivity index is 1.62. The van der Waals surface area contributed by atoms with Crippen molar-refractivity contribution in [3.8, 4) is 0 Å². The van der Waals surface area contributed by atoms with Gasteiger partial charge in [0, 0.05) is 5.69 Å². The highest BCUT2D eigenvalue weighted by molar-refractivity contribution is 6.08. The molecule has 0 unspecified atom stereocenters. The van der Waals surface area contributed by atoms with Gasteiger partial charge in [-0.05, 0) is 36.5 Å². The molecule has 24 heavy (non-hydrogen) atoms. The zero-order chi connectivity index (χ0) is 17.3. The van der Waals surface area contributed by atoms with Crippen LogP contribution >= 0.6 is 0 Å². The molecule has 0 bridgehead atoms. The second-order valence-corrected chi connectivity index (χ2v) is 6.74. The van der Waals surface area contributed by atoms with Gasteiger partial charge in [-0.1, -0.05) is 38.1 Å². The number of amides is 3. The number of nitrogens with one attached hydrogen (secondary N) is 1. The van der Waals surface area contributed by atoms with Crippen LogP contribution in [0.25, 0.3) is 0 Å². The first-order valence-corrected chi connectivity index (χ1v) is 8.37. The lowest BCUT2D eigenvalue weighted by atomic mass is 9.85. The number of carbonyl (C=O) groups is 3. The smallest absolute Gasteiger partial charge is 0.244 e. The number of benzene rings is 1. The Hall–Kier alpha value is -2.43. The molecule has 2 aliphatic rings. The Labute approximate surface area is 141 Å². The van der Waals surface area contributed by atoms with E-state index in [0.717, 1.165) is 4.90 Å². The molecule has 1 aromatic carbocycles. The van der Waals surface area contributed by atoms with E-state index in [9.17, 15) is 14.4 Å². The number of hydrogen-bond acceptors (Lipinski definition) is 3. The number of imide groups is 1. The molecular weight excluding hydrogens is 304 g/mol. The summed E-state index contributed by atoms with van der Waals surface area (Å²) in [5.41, 5.74) is 1.86. The number of rotatable bonds is 4. The number of carbonyl (C=O) groups excluding carboxylic acids is 3. The summed E-state index contributed by atoms with van der Waals surface area (Å²) in [6.07, 6.45) is 5.05. The van der Waals surface area contributed by atoms with E-state index < -0.39 is 0 Å². The summed E-state index contributed by atoms with van der Waals surface area (Å²) in [7, 11) is 0. The van der Waals surface area contributed by atoms with Crippen LogP contribution in [0.4, 0.5) is 5.69 Å². The Kier molecular flexibility index (Phi) is 4.51. The van der Waals surface area contributed by atoms with Crippen LogP contribution in [0.15, 0.2) is 36.4 Å². The predicted octanol–water partition coefficient (Wildman–Crippen LogP) is 2.70. The number of likely N-dealkylation sites (tertiary alicyclic amines) is 1. The third-order valence-electron chi connectivity index (χ3n) is 4.76. The second-order valence-electron chi connectivity index (χ2n) is 6.74. The molecule has 1 saturated heterocycles. The van der Waals surface area contributed by atoms with Crippen LogP contribution in [0.5, 0.6) is 0 Å². The standard InChI is InChI=1S/C19H22N2O3/c1-12(2)13-7-9-14(10-8-13)20-17(22)11-21-18(23)15-5-3-4-6-16(15)19(21)24/h3-4,7-10,12,15-16H,5-6,11H2,1-2H3,(H,20,22)/t15-,16+. The number of anilines is 1. The van der Waals surface area contributed by atoms with Crippen LogP contribution in [-0.4, -0.2) is 29.2 Å². The SMILES string of the molecule is CC(C)c1ccc(NC(=O)CN2C(=O)[C@H]3CC=CC[C@H]3C2=O)cc1. The highest BCUT2D eigenvalue weighted by Gasteiger charge is 2.47. The largest absolute Gasteiger partial charge is 0.325 e. The molecule has 5 heteroatoms. The fourth-order valence-corrected chi connectivity index (χ4v) is 3.32. The molecule has 0 spiro atoms. The van der Waals surface area contributed by atoms with Crippen LogP contribution in [0, 0.1) is 11.8 Å². The molecule has 1 aliphatic heterocycles. The van der Waals surface area contributed by atoms with Crippen LogP contribution in [0.2, 0.25) is 0 Å². The van der Waals surface area contributed by atoms with Gasteiger partial charge in [-0.15, -0.1) is 0 Å². The van der Waals surface area contributed by atoms with Crippen molar-refractivity contribution in [2.45, 2.75) is 32.6 Å². The summed E-state index contributed by atoms with van der Waals surface area (Å²) in [5.74, 6) is -0.951. The second kappa shape index (κ2) is 6.59. The first kappa shape index (κ1) is 16.4. The average Bonchev–Trinajstić information content (AvgIpc) is 2.81. The number of nitrogens with zero attached hydrogens (tertiary/aromatic N) is 1. The normalized spacial score (nSPS) is 22.9. The molecule has 1 aromatic rings. The number of hydrogen-bond donors (Lipinski definition) is 1. The van der Waals surface area contributed by atoms with Crippen molar-refractivity contribution in [1.29, 1.82) is 0 Å². The van der Waals surface area contributed by atoms with Gasteiger partial charge in [0.15, 0.2) is 0 Å². The molecule has 126 valence electrons. The van der Waals surface area contributed by atoms with Gasteiger partial charge in [-0.25, -0.2) is 0 Å². The van der Waals surface area contributed by atoms with Crippen molar-refractivity contribution in [2.24, 2.45) is 11.8 Å². The minimum atomic E-state index is -0.347. The molecule has 1 aliphatic carbocycles. The van der Waals surface area contributed by atoms with Gasteiger partial charge >= 0.3 is 0 Å². The fourth-order valence-electron chi connectivity index (χ4n) is 3.32. The van der Waals surface area contributed by atoms with Crippen molar-refractivity contribution >= 4 is 23.4 Å². The van der Waals surface area contributed by atoms with Gasteiger partial charge in [0.25, 0.3) is 0 Å². The topological polar surface area (TPSA) is 66.5 Å². The maximum Gasteiger partial charge on any atom is 0.244 e. The van der Waals surface area contributed by atoms with E-state index in [1.165, 1.54) is 5.56 Å². The number of fused-ring (bicyclic) bond motifs is 1. The minimum absolute atomic E-state index is 0.212. The fraction of sp³-hybridized carbons (Fsp3) is 0.421. The highest BCUT2D eigenvalue weighted by Crippen LogP contribution is 2.34. The molecule has 5 nitrogen and oxygen atoms in total. The summed E-state index contributed by atoms with van der Waals surface area (Å²) in [4.78, 5) is 38.0. The average molecular weight is 326 g/mol. The first-order chi connectivity index (χ1) is 11.5. The van der Waals surface area contributed by atoms with E-state index >= 15 is 0 Å². The zero-order valence-corrected chi connectivity index (χ0v) is 14.0. The molecule has 0 radical (unpaired) electrons. The summed E-state index contributed by atoms with van der Waals surface area (Å²) < 4.78 is 0. The van der Waals surface area contributed by atoms with Crippen molar-refractivity contribution in [1.82, 2.24) is 4.90 Å². The lowest BCUT2D eigenvalue weighted by molar-refractivity contribution is -0.142. The van der Waals surface area contributed by atoms with Gasteiger partial charge in [0.05, 0.1) is 11.8 Å². The molecule has 1 fully saturated rings. The molecule has 1 heterocycles. The van der Waals surface area contributed by atoms with Crippen molar-refractivity contribution < 1.29 is 14.4 Å². The summed E-state index contributed by atoms with van der Waals surface area (Å²) >= 11 is 0. The maximum atomic E-state index is 12.3. The summed E-state index contributed by atoms with van der Waals surface area (Å²) in [5, 5.41) is 2.76. The first-order valence-electron chi connectivity index (χ1n) is 8.37. The van der Waals surface area contributed by atoms with E-state index in [4.69, 9.17) is 0 Å². The van der Waals surface area contributed by atoms with Crippen molar-refractivity contribution in [3.05, 3.63) is 42.0 Å². The van der Waals surface area contributed by atoms with Gasteiger partial charge in [0.2, 0.25) is 17.7 Å². The van der Waals surface area contributed by atoms with Crippen LogP contribution in [0.1, 0.15) is 38.2 Å². The summed E-state index contributed by atoms with van der Waals surface area (Å²) in [6.45, 7) is 4.00. The maximum absolute atomic E-state index is 12.3. The van der Waals surface area contributed by atoms with Gasteiger partial charge in [-0.2, -0.15) is 0 Å². The Morgan fingerprint density at radius 3 is 2.12 bits per heavy atom. The van der Waals surface area contributed by atoms with Gasteiger partial charge in [0.1, 0.15) is 6.54 Å². The third kappa shape index (κ3) is 3.11. The third-order valence-corrected chi connectivity index (χ3v) is 4.76. The van der Waals surface area contributed by atoms with Crippen LogP contribution in [0.3, 0.4) is 0 Å². The Morgan fingerprint density at radius 1 is 1.08 bits per heavy atom. The molecule has 3 rings (SSSR count). The monoisotopic (exact) mass is 326 g/mol. The van der Waals surface area contributed by atoms with E-state index in [2.05, 4.69) is 19.2 Å². The Morgan fingerprint density at radius 2 is 1.62 bits per heavy atom. The van der Waals surface area contributed by atoms with E-state index in [0.29, 0.717) is 24.4 Å². The molecule has 3 amide bonds. The Bertz CT molecular complexity index is 665. The minimum Gasteiger partial charge on any atom is -0.325 e. The lowest BCUT2D eigenvalue weighted by Crippen LogP contribution is -2.38. The molecule has 2 atom stereocenters.